The van der Waals surface area contributed by atoms with Gasteiger partial charge in [0.15, 0.2) is 5.82 Å². The van der Waals surface area contributed by atoms with E-state index in [1.54, 1.807) is 23.4 Å². The molecule has 3 aliphatic rings. The molecule has 29 heavy (non-hydrogen) atoms. The molecule has 2 aromatic heterocycles. The van der Waals surface area contributed by atoms with Crippen LogP contribution in [0.15, 0.2) is 36.7 Å². The van der Waals surface area contributed by atoms with E-state index in [2.05, 4.69) is 20.2 Å². The summed E-state index contributed by atoms with van der Waals surface area (Å²) in [6, 6.07) is 7.90. The van der Waals surface area contributed by atoms with Crippen LogP contribution < -0.4 is 10.2 Å². The van der Waals surface area contributed by atoms with Gasteiger partial charge in [-0.3, -0.25) is 19.5 Å². The van der Waals surface area contributed by atoms with Crippen molar-refractivity contribution in [1.29, 1.82) is 0 Å². The van der Waals surface area contributed by atoms with Crippen molar-refractivity contribution in [2.75, 3.05) is 42.9 Å². The molecule has 1 atom stereocenters. The van der Waals surface area contributed by atoms with Crippen LogP contribution in [0.1, 0.15) is 28.9 Å². The number of anilines is 2. The van der Waals surface area contributed by atoms with Crippen molar-refractivity contribution < 1.29 is 9.59 Å². The molecular formula is C21H24N6O2. The highest BCUT2D eigenvalue weighted by Crippen LogP contribution is 2.30. The van der Waals surface area contributed by atoms with Crippen molar-refractivity contribution in [3.63, 3.8) is 0 Å². The molecule has 8 heteroatoms. The Bertz CT molecular complexity index is 934. The van der Waals surface area contributed by atoms with E-state index in [1.165, 1.54) is 6.42 Å². The van der Waals surface area contributed by atoms with Crippen LogP contribution in [0.5, 0.6) is 0 Å². The second-order valence-electron chi connectivity index (χ2n) is 7.83. The van der Waals surface area contributed by atoms with Crippen LogP contribution in [0.2, 0.25) is 0 Å². The van der Waals surface area contributed by atoms with Crippen LogP contribution in [-0.4, -0.2) is 70.3 Å². The van der Waals surface area contributed by atoms with Crippen molar-refractivity contribution in [3.8, 4) is 0 Å². The Morgan fingerprint density at radius 3 is 3.00 bits per heavy atom. The number of aromatic nitrogens is 2. The lowest BCUT2D eigenvalue weighted by atomic mass is 10.1. The minimum absolute atomic E-state index is 0.0114. The van der Waals surface area contributed by atoms with E-state index in [4.69, 9.17) is 0 Å². The summed E-state index contributed by atoms with van der Waals surface area (Å²) < 4.78 is 0. The van der Waals surface area contributed by atoms with Gasteiger partial charge in [0.25, 0.3) is 5.91 Å². The van der Waals surface area contributed by atoms with Gasteiger partial charge in [-0.1, -0.05) is 6.07 Å². The van der Waals surface area contributed by atoms with Crippen molar-refractivity contribution in [1.82, 2.24) is 19.8 Å². The summed E-state index contributed by atoms with van der Waals surface area (Å²) in [6.45, 7) is 4.12. The normalized spacial score (nSPS) is 21.5. The molecule has 0 bridgehead atoms. The molecule has 2 fully saturated rings. The molecule has 0 spiro atoms. The Labute approximate surface area is 169 Å². The van der Waals surface area contributed by atoms with Gasteiger partial charge in [0.1, 0.15) is 0 Å². The van der Waals surface area contributed by atoms with Crippen LogP contribution in [0, 0.1) is 0 Å². The molecule has 2 saturated heterocycles. The molecular weight excluding hydrogens is 368 g/mol. The molecule has 1 unspecified atom stereocenters. The minimum Gasteiger partial charge on any atom is -0.359 e. The molecule has 150 valence electrons. The summed E-state index contributed by atoms with van der Waals surface area (Å²) in [6.07, 6.45) is 5.69. The van der Waals surface area contributed by atoms with Gasteiger partial charge in [-0.15, -0.1) is 0 Å². The summed E-state index contributed by atoms with van der Waals surface area (Å²) in [5.41, 5.74) is 1.96. The molecule has 8 nitrogen and oxygen atoms in total. The minimum atomic E-state index is -0.0610. The molecule has 0 aromatic carbocycles. The summed E-state index contributed by atoms with van der Waals surface area (Å²) in [5.74, 6) is 0.550. The van der Waals surface area contributed by atoms with Crippen molar-refractivity contribution >= 4 is 23.3 Å². The summed E-state index contributed by atoms with van der Waals surface area (Å²) in [4.78, 5) is 40.6. The smallest absolute Gasteiger partial charge is 0.255 e. The highest BCUT2D eigenvalue weighted by molar-refractivity contribution is 6.04. The first kappa shape index (κ1) is 18.1. The lowest BCUT2D eigenvalue weighted by molar-refractivity contribution is -0.117. The molecule has 1 N–H and O–H groups in total. The monoisotopic (exact) mass is 392 g/mol. The first-order valence-corrected chi connectivity index (χ1v) is 10.2. The van der Waals surface area contributed by atoms with Crippen LogP contribution in [0.25, 0.3) is 0 Å². The van der Waals surface area contributed by atoms with Gasteiger partial charge in [-0.05, 0) is 37.6 Å². The molecule has 0 aliphatic carbocycles. The number of amides is 2. The maximum atomic E-state index is 13.2. The largest absolute Gasteiger partial charge is 0.359 e. The van der Waals surface area contributed by atoms with Gasteiger partial charge in [0, 0.05) is 38.1 Å². The number of carbonyl (C=O) groups excluding carboxylic acids is 2. The molecule has 5 heterocycles. The lowest BCUT2D eigenvalue weighted by Gasteiger charge is -2.37. The zero-order valence-corrected chi connectivity index (χ0v) is 16.3. The number of nitrogens with zero attached hydrogens (tertiary/aromatic N) is 5. The van der Waals surface area contributed by atoms with Gasteiger partial charge in [0.05, 0.1) is 30.0 Å². The number of fused-ring (bicyclic) bond motifs is 2. The highest BCUT2D eigenvalue weighted by atomic mass is 16.2. The number of piperazine rings is 1. The number of nitrogens with one attached hydrogen (secondary N) is 1. The lowest BCUT2D eigenvalue weighted by Crippen LogP contribution is -2.52. The van der Waals surface area contributed by atoms with Gasteiger partial charge in [0.2, 0.25) is 5.91 Å². The average molecular weight is 392 g/mol. The van der Waals surface area contributed by atoms with Gasteiger partial charge in [-0.2, -0.15) is 0 Å². The fourth-order valence-corrected chi connectivity index (χ4v) is 4.49. The topological polar surface area (TPSA) is 81.7 Å². The molecule has 2 amide bonds. The van der Waals surface area contributed by atoms with Crippen LogP contribution in [0.4, 0.5) is 11.5 Å². The Kier molecular flexibility index (Phi) is 4.63. The Hall–Kier alpha value is -3.00. The Balaban J connectivity index is 1.40. The van der Waals surface area contributed by atoms with E-state index >= 15 is 0 Å². The fraction of sp³-hybridized carbons (Fsp3) is 0.429. The number of carbonyl (C=O) groups is 2. The molecule has 3 aliphatic heterocycles. The molecule has 2 aromatic rings. The third-order valence-corrected chi connectivity index (χ3v) is 6.03. The Morgan fingerprint density at radius 1 is 1.21 bits per heavy atom. The quantitative estimate of drug-likeness (QED) is 0.849. The van der Waals surface area contributed by atoms with E-state index < -0.39 is 0 Å². The predicted molar refractivity (Wildman–Crippen MR) is 109 cm³/mol. The first-order valence-electron chi connectivity index (χ1n) is 10.2. The third-order valence-electron chi connectivity index (χ3n) is 6.03. The van der Waals surface area contributed by atoms with Gasteiger partial charge >= 0.3 is 0 Å². The maximum Gasteiger partial charge on any atom is 0.255 e. The second-order valence-corrected chi connectivity index (χ2v) is 7.83. The van der Waals surface area contributed by atoms with E-state index in [9.17, 15) is 9.59 Å². The van der Waals surface area contributed by atoms with E-state index in [1.807, 2.05) is 23.1 Å². The average Bonchev–Trinajstić information content (AvgIpc) is 3.23. The number of hydrogen-bond donors (Lipinski definition) is 1. The van der Waals surface area contributed by atoms with Crippen LogP contribution in [-0.2, 0) is 11.3 Å². The third kappa shape index (κ3) is 3.44. The number of hydrogen-bond acceptors (Lipinski definition) is 6. The van der Waals surface area contributed by atoms with Crippen molar-refractivity contribution in [3.05, 3.63) is 47.9 Å². The zero-order chi connectivity index (χ0) is 19.8. The first-order chi connectivity index (χ1) is 14.2. The van der Waals surface area contributed by atoms with E-state index in [-0.39, 0.29) is 18.4 Å². The molecule has 5 rings (SSSR count). The second kappa shape index (κ2) is 7.44. The van der Waals surface area contributed by atoms with Crippen molar-refractivity contribution in [2.24, 2.45) is 0 Å². The molecule has 0 radical (unpaired) electrons. The van der Waals surface area contributed by atoms with E-state index in [0.29, 0.717) is 29.7 Å². The van der Waals surface area contributed by atoms with Crippen LogP contribution in [0.3, 0.4) is 0 Å². The predicted octanol–water partition coefficient (Wildman–Crippen LogP) is 1.36. The van der Waals surface area contributed by atoms with Gasteiger partial charge in [-0.25, -0.2) is 4.98 Å². The molecule has 0 saturated carbocycles. The van der Waals surface area contributed by atoms with Crippen molar-refractivity contribution in [2.45, 2.75) is 25.4 Å². The maximum absolute atomic E-state index is 13.2. The van der Waals surface area contributed by atoms with E-state index in [0.717, 1.165) is 38.3 Å². The summed E-state index contributed by atoms with van der Waals surface area (Å²) in [5, 5.41) is 3.05. The summed E-state index contributed by atoms with van der Waals surface area (Å²) in [7, 11) is 0. The number of rotatable bonds is 3. The highest BCUT2D eigenvalue weighted by Gasteiger charge is 2.33. The fourth-order valence-electron chi connectivity index (χ4n) is 4.49. The zero-order valence-electron chi connectivity index (χ0n) is 16.3. The Morgan fingerprint density at radius 2 is 2.14 bits per heavy atom. The van der Waals surface area contributed by atoms with Crippen LogP contribution >= 0.6 is 0 Å². The standard InChI is InChI=1S/C21H24N6O2/c28-19-12-24-20-18(27(19)13-16-4-1-2-6-22-16)10-15(11-23-20)21(29)26-9-8-25-7-3-5-17(25)14-26/h1-2,4,6,10-11,17H,3,5,7-9,12-14H2,(H,23,24). The number of pyridine rings is 2. The summed E-state index contributed by atoms with van der Waals surface area (Å²) >= 11 is 0. The van der Waals surface area contributed by atoms with Gasteiger partial charge < -0.3 is 15.1 Å². The SMILES string of the molecule is O=C(c1cnc2c(c1)N(Cc1ccccn1)C(=O)CN2)N1CCN2CCCC2C1.